The molecule has 25 heavy (non-hydrogen) atoms. The van der Waals surface area contributed by atoms with E-state index in [9.17, 15) is 4.55 Å². The molecule has 4 rings (SSSR count). The van der Waals surface area contributed by atoms with Crippen LogP contribution < -0.4 is 5.32 Å². The molecule has 0 bridgehead atoms. The van der Waals surface area contributed by atoms with Crippen LogP contribution in [0, 0.1) is 0 Å². The highest BCUT2D eigenvalue weighted by molar-refractivity contribution is 7.91. The summed E-state index contributed by atoms with van der Waals surface area (Å²) in [5, 5.41) is 7.47. The summed E-state index contributed by atoms with van der Waals surface area (Å²) in [6, 6.07) is 14.6. The van der Waals surface area contributed by atoms with Crippen molar-refractivity contribution in [2.24, 2.45) is 0 Å². The Morgan fingerprint density at radius 2 is 1.88 bits per heavy atom. The van der Waals surface area contributed by atoms with Crippen LogP contribution in [0.25, 0.3) is 16.9 Å². The predicted octanol–water partition coefficient (Wildman–Crippen LogP) is 2.00. The molecule has 1 saturated heterocycles. The number of nitrogens with zero attached hydrogens (tertiary/aromatic N) is 4. The first-order valence-corrected chi connectivity index (χ1v) is 9.92. The largest absolute Gasteiger partial charge is 0.616 e. The van der Waals surface area contributed by atoms with Crippen molar-refractivity contribution >= 4 is 22.8 Å². The summed E-state index contributed by atoms with van der Waals surface area (Å²) >= 11 is -0.622. The third kappa shape index (κ3) is 3.49. The third-order valence-electron chi connectivity index (χ3n) is 4.51. The number of hydrogen-bond donors (Lipinski definition) is 1. The number of nitrogens with one attached hydrogen (secondary N) is 1. The zero-order valence-corrected chi connectivity index (χ0v) is 15.0. The maximum absolute atomic E-state index is 11.5. The lowest BCUT2D eigenvalue weighted by Gasteiger charge is -2.28. The molecule has 0 amide bonds. The summed E-state index contributed by atoms with van der Waals surface area (Å²) in [4.78, 5) is 6.80. The summed E-state index contributed by atoms with van der Waals surface area (Å²) in [6.07, 6.45) is 0. The van der Waals surface area contributed by atoms with Gasteiger partial charge in [-0.1, -0.05) is 41.5 Å². The lowest BCUT2D eigenvalue weighted by Crippen LogP contribution is -2.39. The second kappa shape index (κ2) is 7.03. The SMILES string of the molecule is CNc1nc2cccc(-c3ccc(CN4CC[S+]([O-])CC4)cc3)n2n1. The van der Waals surface area contributed by atoms with E-state index in [2.05, 4.69) is 50.6 Å². The summed E-state index contributed by atoms with van der Waals surface area (Å²) in [6.45, 7) is 2.74. The van der Waals surface area contributed by atoms with E-state index in [1.54, 1.807) is 0 Å². The van der Waals surface area contributed by atoms with Crippen LogP contribution in [0.15, 0.2) is 42.5 Å². The predicted molar refractivity (Wildman–Crippen MR) is 101 cm³/mol. The lowest BCUT2D eigenvalue weighted by molar-refractivity contribution is 0.287. The van der Waals surface area contributed by atoms with E-state index in [4.69, 9.17) is 0 Å². The van der Waals surface area contributed by atoms with Crippen molar-refractivity contribution in [1.29, 1.82) is 0 Å². The lowest BCUT2D eigenvalue weighted by atomic mass is 10.1. The van der Waals surface area contributed by atoms with Crippen LogP contribution in [0.5, 0.6) is 0 Å². The Kier molecular flexibility index (Phi) is 4.61. The van der Waals surface area contributed by atoms with Gasteiger partial charge in [0.15, 0.2) is 5.65 Å². The summed E-state index contributed by atoms with van der Waals surface area (Å²) in [7, 11) is 1.82. The maximum atomic E-state index is 11.5. The molecule has 0 spiro atoms. The van der Waals surface area contributed by atoms with Gasteiger partial charge in [0, 0.05) is 32.2 Å². The van der Waals surface area contributed by atoms with Gasteiger partial charge in [0.05, 0.1) is 5.69 Å². The quantitative estimate of drug-likeness (QED) is 0.725. The van der Waals surface area contributed by atoms with Crippen molar-refractivity contribution in [3.63, 3.8) is 0 Å². The monoisotopic (exact) mass is 355 g/mol. The van der Waals surface area contributed by atoms with Crippen LogP contribution in [0.4, 0.5) is 5.95 Å². The molecule has 0 saturated carbocycles. The molecular formula is C18H21N5OS. The van der Waals surface area contributed by atoms with E-state index in [0.717, 1.165) is 48.0 Å². The molecule has 1 aromatic carbocycles. The Bertz CT molecular complexity index is 856. The van der Waals surface area contributed by atoms with Crippen LogP contribution in [0.2, 0.25) is 0 Å². The fourth-order valence-corrected chi connectivity index (χ4v) is 4.23. The molecule has 0 radical (unpaired) electrons. The number of fused-ring (bicyclic) bond motifs is 1. The molecule has 0 unspecified atom stereocenters. The molecule has 7 heteroatoms. The molecule has 3 heterocycles. The molecule has 2 aromatic heterocycles. The minimum Gasteiger partial charge on any atom is -0.616 e. The van der Waals surface area contributed by atoms with Crippen molar-refractivity contribution in [2.75, 3.05) is 37.0 Å². The topological polar surface area (TPSA) is 68.5 Å². The van der Waals surface area contributed by atoms with Crippen molar-refractivity contribution in [2.45, 2.75) is 6.54 Å². The Labute approximate surface area is 150 Å². The first kappa shape index (κ1) is 16.4. The van der Waals surface area contributed by atoms with E-state index in [1.165, 1.54) is 5.56 Å². The molecule has 1 aliphatic heterocycles. The van der Waals surface area contributed by atoms with Crippen molar-refractivity contribution in [1.82, 2.24) is 19.5 Å². The average Bonchev–Trinajstić information content (AvgIpc) is 3.08. The van der Waals surface area contributed by atoms with Gasteiger partial charge in [-0.25, -0.2) is 4.52 Å². The summed E-state index contributed by atoms with van der Waals surface area (Å²) in [5.74, 6) is 2.20. The Morgan fingerprint density at radius 3 is 2.60 bits per heavy atom. The number of pyridine rings is 1. The van der Waals surface area contributed by atoms with Crippen molar-refractivity contribution in [3.8, 4) is 11.3 Å². The van der Waals surface area contributed by atoms with Gasteiger partial charge in [-0.05, 0) is 17.7 Å². The molecule has 1 fully saturated rings. The van der Waals surface area contributed by atoms with Gasteiger partial charge < -0.3 is 9.87 Å². The molecule has 3 aromatic rings. The minimum absolute atomic E-state index is 0.617. The third-order valence-corrected chi connectivity index (χ3v) is 5.79. The molecule has 0 aliphatic carbocycles. The smallest absolute Gasteiger partial charge is 0.242 e. The number of benzene rings is 1. The second-order valence-corrected chi connectivity index (χ2v) is 7.88. The first-order valence-electron chi connectivity index (χ1n) is 8.43. The summed E-state index contributed by atoms with van der Waals surface area (Å²) < 4.78 is 13.3. The van der Waals surface area contributed by atoms with Crippen LogP contribution in [0.1, 0.15) is 5.56 Å². The van der Waals surface area contributed by atoms with Gasteiger partial charge >= 0.3 is 0 Å². The highest BCUT2D eigenvalue weighted by atomic mass is 32.2. The zero-order valence-electron chi connectivity index (χ0n) is 14.2. The van der Waals surface area contributed by atoms with E-state index < -0.39 is 11.2 Å². The van der Waals surface area contributed by atoms with Gasteiger partial charge in [-0.15, -0.1) is 5.10 Å². The number of aromatic nitrogens is 3. The van der Waals surface area contributed by atoms with Crippen LogP contribution in [-0.4, -0.2) is 55.7 Å². The molecule has 1 aliphatic rings. The van der Waals surface area contributed by atoms with E-state index in [1.807, 2.05) is 23.7 Å². The molecular weight excluding hydrogens is 334 g/mol. The molecule has 130 valence electrons. The van der Waals surface area contributed by atoms with Crippen molar-refractivity contribution in [3.05, 3.63) is 48.0 Å². The molecule has 6 nitrogen and oxygen atoms in total. The molecule has 0 atom stereocenters. The molecule has 1 N–H and O–H groups in total. The highest BCUT2D eigenvalue weighted by Crippen LogP contribution is 2.22. The van der Waals surface area contributed by atoms with Gasteiger partial charge in [0.1, 0.15) is 11.5 Å². The van der Waals surface area contributed by atoms with Gasteiger partial charge in [0.2, 0.25) is 5.95 Å². The van der Waals surface area contributed by atoms with Crippen LogP contribution >= 0.6 is 0 Å². The van der Waals surface area contributed by atoms with Crippen molar-refractivity contribution < 1.29 is 4.55 Å². The van der Waals surface area contributed by atoms with Gasteiger partial charge in [0.25, 0.3) is 0 Å². The Balaban J connectivity index is 1.55. The maximum Gasteiger partial charge on any atom is 0.242 e. The number of rotatable bonds is 4. The standard InChI is InChI=1S/C18H21N5OS/c1-19-18-20-17-4-2-3-16(23(17)21-18)15-7-5-14(6-8-15)13-22-9-11-25(24)12-10-22/h2-8H,9-13H2,1H3,(H,19,21). The van der Waals surface area contributed by atoms with E-state index in [0.29, 0.717) is 5.95 Å². The number of anilines is 1. The average molecular weight is 355 g/mol. The number of hydrogen-bond acceptors (Lipinski definition) is 5. The highest BCUT2D eigenvalue weighted by Gasteiger charge is 2.19. The van der Waals surface area contributed by atoms with E-state index >= 15 is 0 Å². The Morgan fingerprint density at radius 1 is 1.12 bits per heavy atom. The van der Waals surface area contributed by atoms with Crippen LogP contribution in [0.3, 0.4) is 0 Å². The summed E-state index contributed by atoms with van der Waals surface area (Å²) in [5.41, 5.74) is 4.23. The van der Waals surface area contributed by atoms with Gasteiger partial charge in [-0.3, -0.25) is 4.90 Å². The van der Waals surface area contributed by atoms with Crippen LogP contribution in [-0.2, 0) is 17.7 Å². The minimum atomic E-state index is -0.622. The second-order valence-electron chi connectivity index (χ2n) is 6.19. The zero-order chi connectivity index (χ0) is 17.2. The first-order chi connectivity index (χ1) is 12.2. The normalized spacial score (nSPS) is 16.4. The Hall–Kier alpha value is -2.09. The van der Waals surface area contributed by atoms with E-state index in [-0.39, 0.29) is 0 Å². The fourth-order valence-electron chi connectivity index (χ4n) is 3.10. The van der Waals surface area contributed by atoms with Gasteiger partial charge in [-0.2, -0.15) is 4.98 Å². The fraction of sp³-hybridized carbons (Fsp3) is 0.333.